The molecule has 6 nitrogen and oxygen atoms in total. The Morgan fingerprint density at radius 3 is 2.60 bits per heavy atom. The average molecular weight is 275 g/mol. The minimum Gasteiger partial charge on any atom is -0.493 e. The second kappa shape index (κ2) is 6.29. The largest absolute Gasteiger partial charge is 0.493 e. The molecular formula is C14H17N3O3. The fourth-order valence-electron chi connectivity index (χ4n) is 1.77. The molecule has 2 rings (SSSR count). The Hall–Kier alpha value is -2.21. The van der Waals surface area contributed by atoms with E-state index in [2.05, 4.69) is 17.2 Å². The number of rotatable bonds is 5. The van der Waals surface area contributed by atoms with Crippen LogP contribution in [0.1, 0.15) is 18.9 Å². The van der Waals surface area contributed by atoms with E-state index in [1.807, 2.05) is 24.3 Å². The molecule has 0 saturated heterocycles. The van der Waals surface area contributed by atoms with Gasteiger partial charge in [-0.25, -0.2) is 0 Å². The standard InChI is InChI=1S/C14H17N3O3/c1-2-9-3-5-10(6-4-9)20-8-7-11-16-13(18)12(15)14(19)17-11/h3-6,12H,2,7-8,15H2,1H3,(H,16,17,18,19). The van der Waals surface area contributed by atoms with Crippen LogP contribution in [0.5, 0.6) is 5.75 Å². The van der Waals surface area contributed by atoms with E-state index in [9.17, 15) is 9.59 Å². The number of benzene rings is 1. The summed E-state index contributed by atoms with van der Waals surface area (Å²) in [4.78, 5) is 26.4. The maximum atomic E-state index is 11.3. The van der Waals surface area contributed by atoms with E-state index >= 15 is 0 Å². The number of nitrogens with zero attached hydrogens (tertiary/aromatic N) is 1. The Labute approximate surface area is 117 Å². The van der Waals surface area contributed by atoms with Crippen LogP contribution in [0.15, 0.2) is 29.3 Å². The zero-order chi connectivity index (χ0) is 14.5. The smallest absolute Gasteiger partial charge is 0.273 e. The van der Waals surface area contributed by atoms with Gasteiger partial charge in [-0.3, -0.25) is 9.59 Å². The third-order valence-corrected chi connectivity index (χ3v) is 3.00. The van der Waals surface area contributed by atoms with Gasteiger partial charge in [-0.05, 0) is 24.1 Å². The van der Waals surface area contributed by atoms with Gasteiger partial charge in [0.2, 0.25) is 0 Å². The molecule has 2 amide bonds. The predicted octanol–water partition coefficient (Wildman–Crippen LogP) is 0.400. The maximum absolute atomic E-state index is 11.3. The SMILES string of the molecule is CCc1ccc(OCCC2=NC(=O)C(N)C(=O)N2)cc1. The molecule has 20 heavy (non-hydrogen) atoms. The van der Waals surface area contributed by atoms with Crippen LogP contribution >= 0.6 is 0 Å². The second-order valence-electron chi connectivity index (χ2n) is 4.46. The number of ether oxygens (including phenoxy) is 1. The molecule has 3 N–H and O–H groups in total. The van der Waals surface area contributed by atoms with Crippen LogP contribution < -0.4 is 15.8 Å². The molecule has 0 spiro atoms. The number of amides is 2. The lowest BCUT2D eigenvalue weighted by Crippen LogP contribution is -2.52. The summed E-state index contributed by atoms with van der Waals surface area (Å²) in [7, 11) is 0. The van der Waals surface area contributed by atoms with Crippen molar-refractivity contribution in [2.45, 2.75) is 25.8 Å². The Morgan fingerprint density at radius 2 is 2.00 bits per heavy atom. The number of nitrogens with two attached hydrogens (primary N) is 1. The number of hydrogen-bond acceptors (Lipinski definition) is 4. The summed E-state index contributed by atoms with van der Waals surface area (Å²) in [5, 5.41) is 2.49. The monoisotopic (exact) mass is 275 g/mol. The quantitative estimate of drug-likeness (QED) is 0.761. The van der Waals surface area contributed by atoms with Crippen molar-refractivity contribution in [2.24, 2.45) is 10.7 Å². The van der Waals surface area contributed by atoms with Gasteiger partial charge < -0.3 is 15.8 Å². The molecule has 1 aliphatic heterocycles. The molecule has 0 radical (unpaired) electrons. The molecule has 1 aromatic carbocycles. The van der Waals surface area contributed by atoms with Gasteiger partial charge in [-0.2, -0.15) is 4.99 Å². The van der Waals surface area contributed by atoms with Crippen molar-refractivity contribution in [3.05, 3.63) is 29.8 Å². The fourth-order valence-corrected chi connectivity index (χ4v) is 1.77. The van der Waals surface area contributed by atoms with Crippen LogP contribution in [0.2, 0.25) is 0 Å². The van der Waals surface area contributed by atoms with Crippen LogP contribution in [0.25, 0.3) is 0 Å². The first-order valence-corrected chi connectivity index (χ1v) is 6.49. The Morgan fingerprint density at radius 1 is 1.30 bits per heavy atom. The highest BCUT2D eigenvalue weighted by Gasteiger charge is 2.27. The fraction of sp³-hybridized carbons (Fsp3) is 0.357. The van der Waals surface area contributed by atoms with Gasteiger partial charge in [-0.1, -0.05) is 19.1 Å². The number of carbonyl (C=O) groups excluding carboxylic acids is 2. The lowest BCUT2D eigenvalue weighted by atomic mass is 10.2. The van der Waals surface area contributed by atoms with Crippen LogP contribution in [-0.2, 0) is 16.0 Å². The summed E-state index contributed by atoms with van der Waals surface area (Å²) in [6, 6.07) is 6.58. The molecule has 1 atom stereocenters. The van der Waals surface area contributed by atoms with Gasteiger partial charge in [0.25, 0.3) is 11.8 Å². The summed E-state index contributed by atoms with van der Waals surface area (Å²) in [6.07, 6.45) is 1.32. The minimum absolute atomic E-state index is 0.298. The molecule has 106 valence electrons. The highest BCUT2D eigenvalue weighted by Crippen LogP contribution is 2.12. The molecule has 1 heterocycles. The summed E-state index contributed by atoms with van der Waals surface area (Å²) >= 11 is 0. The molecule has 0 saturated carbocycles. The first-order chi connectivity index (χ1) is 9.60. The first-order valence-electron chi connectivity index (χ1n) is 6.49. The van der Waals surface area contributed by atoms with Crippen LogP contribution in [0.4, 0.5) is 0 Å². The van der Waals surface area contributed by atoms with Gasteiger partial charge in [0.1, 0.15) is 11.6 Å². The Bertz CT molecular complexity index is 537. The molecule has 0 aromatic heterocycles. The van der Waals surface area contributed by atoms with Gasteiger partial charge >= 0.3 is 0 Å². The van der Waals surface area contributed by atoms with Crippen LogP contribution in [0.3, 0.4) is 0 Å². The number of amidine groups is 1. The van der Waals surface area contributed by atoms with Gasteiger partial charge in [0, 0.05) is 6.42 Å². The predicted molar refractivity (Wildman–Crippen MR) is 74.5 cm³/mol. The van der Waals surface area contributed by atoms with Crippen molar-refractivity contribution in [2.75, 3.05) is 6.61 Å². The number of carbonyl (C=O) groups is 2. The number of aliphatic imine (C=N–C) groups is 1. The molecule has 6 heteroatoms. The molecule has 1 aromatic rings. The van der Waals surface area contributed by atoms with E-state index in [1.165, 1.54) is 5.56 Å². The maximum Gasteiger partial charge on any atom is 0.273 e. The summed E-state index contributed by atoms with van der Waals surface area (Å²) in [6.45, 7) is 2.41. The third kappa shape index (κ3) is 3.42. The van der Waals surface area contributed by atoms with Crippen molar-refractivity contribution >= 4 is 17.6 Å². The summed E-state index contributed by atoms with van der Waals surface area (Å²) in [5.74, 6) is -0.0943. The van der Waals surface area contributed by atoms with Crippen molar-refractivity contribution in [1.82, 2.24) is 5.32 Å². The second-order valence-corrected chi connectivity index (χ2v) is 4.46. The van der Waals surface area contributed by atoms with E-state index in [4.69, 9.17) is 10.5 Å². The molecule has 1 aliphatic rings. The van der Waals surface area contributed by atoms with E-state index in [-0.39, 0.29) is 0 Å². The topological polar surface area (TPSA) is 93.8 Å². The van der Waals surface area contributed by atoms with Crippen molar-refractivity contribution in [3.8, 4) is 5.75 Å². The molecule has 0 aliphatic carbocycles. The van der Waals surface area contributed by atoms with Gasteiger partial charge in [0.05, 0.1) is 6.61 Å². The van der Waals surface area contributed by atoms with E-state index in [0.29, 0.717) is 18.9 Å². The van der Waals surface area contributed by atoms with Gasteiger partial charge in [0.15, 0.2) is 6.04 Å². The van der Waals surface area contributed by atoms with Crippen molar-refractivity contribution in [3.63, 3.8) is 0 Å². The molecule has 0 fully saturated rings. The molecule has 1 unspecified atom stereocenters. The van der Waals surface area contributed by atoms with E-state index in [0.717, 1.165) is 12.2 Å². The lowest BCUT2D eigenvalue weighted by molar-refractivity contribution is -0.129. The average Bonchev–Trinajstić information content (AvgIpc) is 2.45. The molecule has 0 bridgehead atoms. The zero-order valence-corrected chi connectivity index (χ0v) is 11.3. The Kier molecular flexibility index (Phi) is 4.47. The van der Waals surface area contributed by atoms with E-state index < -0.39 is 17.9 Å². The zero-order valence-electron chi connectivity index (χ0n) is 11.3. The number of hydrogen-bond donors (Lipinski definition) is 2. The van der Waals surface area contributed by atoms with Crippen molar-refractivity contribution in [1.29, 1.82) is 0 Å². The normalized spacial score (nSPS) is 18.5. The number of nitrogens with one attached hydrogen (secondary N) is 1. The van der Waals surface area contributed by atoms with Crippen LogP contribution in [0, 0.1) is 0 Å². The van der Waals surface area contributed by atoms with Gasteiger partial charge in [-0.15, -0.1) is 0 Å². The highest BCUT2D eigenvalue weighted by molar-refractivity contribution is 6.18. The summed E-state index contributed by atoms with van der Waals surface area (Å²) < 4.78 is 5.53. The van der Waals surface area contributed by atoms with Crippen molar-refractivity contribution < 1.29 is 14.3 Å². The summed E-state index contributed by atoms with van der Waals surface area (Å²) in [5.41, 5.74) is 6.57. The lowest BCUT2D eigenvalue weighted by Gasteiger charge is -2.17. The van der Waals surface area contributed by atoms with E-state index in [1.54, 1.807) is 0 Å². The number of aryl methyl sites for hydroxylation is 1. The third-order valence-electron chi connectivity index (χ3n) is 3.00. The van der Waals surface area contributed by atoms with Crippen LogP contribution in [-0.4, -0.2) is 30.3 Å². The minimum atomic E-state index is -1.19. The Balaban J connectivity index is 1.85. The highest BCUT2D eigenvalue weighted by atomic mass is 16.5. The molecular weight excluding hydrogens is 258 g/mol. The first kappa shape index (κ1) is 14.2.